The Bertz CT molecular complexity index is 548. The van der Waals surface area contributed by atoms with Crippen LogP contribution in [0.4, 0.5) is 0 Å². The molecule has 112 valence electrons. The predicted octanol–water partition coefficient (Wildman–Crippen LogP) is 0.512. The molecule has 0 radical (unpaired) electrons. The van der Waals surface area contributed by atoms with E-state index >= 15 is 0 Å². The largest absolute Gasteiger partial charge is 0.391 e. The van der Waals surface area contributed by atoms with Crippen LogP contribution in [0.1, 0.15) is 37.8 Å². The first-order valence-corrected chi connectivity index (χ1v) is 8.37. The third kappa shape index (κ3) is 3.54. The lowest BCUT2D eigenvalue weighted by Crippen LogP contribution is -2.42. The van der Waals surface area contributed by atoms with E-state index in [9.17, 15) is 13.5 Å². The highest BCUT2D eigenvalue weighted by Crippen LogP contribution is 2.21. The Hall–Kier alpha value is -1.02. The number of nitrogens with one attached hydrogen (secondary N) is 1. The van der Waals surface area contributed by atoms with Gasteiger partial charge in [-0.2, -0.15) is 0 Å². The van der Waals surface area contributed by atoms with Gasteiger partial charge in [-0.1, -0.05) is 19.3 Å². The molecule has 0 saturated heterocycles. The van der Waals surface area contributed by atoms with Crippen molar-refractivity contribution in [3.8, 4) is 0 Å². The summed E-state index contributed by atoms with van der Waals surface area (Å²) in [6.45, 7) is 0.0598. The molecular weight excluding hydrogens is 278 g/mol. The van der Waals surface area contributed by atoms with Gasteiger partial charge in [-0.15, -0.1) is 0 Å². The highest BCUT2D eigenvalue weighted by atomic mass is 32.2. The van der Waals surface area contributed by atoms with Crippen LogP contribution in [0.5, 0.6) is 0 Å². The van der Waals surface area contributed by atoms with Gasteiger partial charge in [-0.05, 0) is 25.0 Å². The number of pyridine rings is 1. The zero-order chi connectivity index (χ0) is 14.6. The van der Waals surface area contributed by atoms with E-state index in [-0.39, 0.29) is 11.4 Å². The van der Waals surface area contributed by atoms with Crippen molar-refractivity contribution in [3.05, 3.63) is 24.0 Å². The van der Waals surface area contributed by atoms with Crippen molar-refractivity contribution in [2.75, 3.05) is 0 Å². The fraction of sp³-hybridized carbons (Fsp3) is 0.615. The third-order valence-corrected chi connectivity index (χ3v) is 5.18. The Morgan fingerprint density at radius 1 is 1.35 bits per heavy atom. The average Bonchev–Trinajstić information content (AvgIpc) is 2.64. The van der Waals surface area contributed by atoms with Crippen molar-refractivity contribution in [1.29, 1.82) is 0 Å². The first-order chi connectivity index (χ1) is 9.54. The number of nitrogens with two attached hydrogens (primary N) is 1. The van der Waals surface area contributed by atoms with Gasteiger partial charge in [-0.25, -0.2) is 13.1 Å². The molecule has 7 heteroatoms. The number of hydrogen-bond donors (Lipinski definition) is 3. The molecule has 0 aliphatic heterocycles. The topological polar surface area (TPSA) is 105 Å². The average molecular weight is 299 g/mol. The number of hydrogen-bond acceptors (Lipinski definition) is 5. The van der Waals surface area contributed by atoms with E-state index in [0.29, 0.717) is 18.5 Å². The highest BCUT2D eigenvalue weighted by molar-refractivity contribution is 7.89. The number of nitrogens with zero attached hydrogens (tertiary/aromatic N) is 1. The molecule has 1 fully saturated rings. The van der Waals surface area contributed by atoms with E-state index < -0.39 is 22.2 Å². The summed E-state index contributed by atoms with van der Waals surface area (Å²) in [5.74, 6) is 0. The summed E-state index contributed by atoms with van der Waals surface area (Å²) in [7, 11) is -3.70. The van der Waals surface area contributed by atoms with Crippen LogP contribution in [0.2, 0.25) is 0 Å². The van der Waals surface area contributed by atoms with Crippen LogP contribution in [-0.2, 0) is 16.6 Å². The minimum Gasteiger partial charge on any atom is -0.391 e. The van der Waals surface area contributed by atoms with Gasteiger partial charge in [0.15, 0.2) is 0 Å². The van der Waals surface area contributed by atoms with Gasteiger partial charge < -0.3 is 10.8 Å². The zero-order valence-electron chi connectivity index (χ0n) is 11.3. The predicted molar refractivity (Wildman–Crippen MR) is 75.3 cm³/mol. The molecule has 4 N–H and O–H groups in total. The Kier molecular flexibility index (Phi) is 5.09. The minimum absolute atomic E-state index is 0.0598. The molecule has 0 spiro atoms. The fourth-order valence-electron chi connectivity index (χ4n) is 2.51. The van der Waals surface area contributed by atoms with Crippen LogP contribution in [0.15, 0.2) is 23.2 Å². The van der Waals surface area contributed by atoms with Gasteiger partial charge in [0.1, 0.15) is 4.90 Å². The molecule has 0 bridgehead atoms. The highest BCUT2D eigenvalue weighted by Gasteiger charge is 2.28. The molecule has 20 heavy (non-hydrogen) atoms. The molecule has 1 aromatic heterocycles. The summed E-state index contributed by atoms with van der Waals surface area (Å²) < 4.78 is 27.4. The Morgan fingerprint density at radius 3 is 2.85 bits per heavy atom. The van der Waals surface area contributed by atoms with Crippen molar-refractivity contribution in [1.82, 2.24) is 9.71 Å². The molecule has 2 unspecified atom stereocenters. The van der Waals surface area contributed by atoms with E-state index in [1.807, 2.05) is 0 Å². The first-order valence-electron chi connectivity index (χ1n) is 6.89. The summed E-state index contributed by atoms with van der Waals surface area (Å²) in [6.07, 6.45) is 5.03. The molecule has 0 aromatic carbocycles. The summed E-state index contributed by atoms with van der Waals surface area (Å²) in [5, 5.41) is 10.0. The number of rotatable bonds is 4. The van der Waals surface area contributed by atoms with Crippen molar-refractivity contribution < 1.29 is 13.5 Å². The number of aliphatic hydroxyl groups excluding tert-OH is 1. The van der Waals surface area contributed by atoms with Crippen LogP contribution >= 0.6 is 0 Å². The summed E-state index contributed by atoms with van der Waals surface area (Å²) in [4.78, 5) is 4.08. The standard InChI is InChI=1S/C13H21N3O3S/c14-9-11-13(7-4-8-15-11)20(18,19)16-10-5-2-1-3-6-12(10)17/h4,7-8,10,12,16-17H,1-3,5-6,9,14H2. The second-order valence-corrected chi connectivity index (χ2v) is 6.77. The fourth-order valence-corrected chi connectivity index (χ4v) is 4.01. The van der Waals surface area contributed by atoms with E-state index in [4.69, 9.17) is 5.73 Å². The van der Waals surface area contributed by atoms with E-state index in [1.54, 1.807) is 6.07 Å². The maximum absolute atomic E-state index is 12.4. The summed E-state index contributed by atoms with van der Waals surface area (Å²) in [5.41, 5.74) is 5.86. The molecule has 0 amide bonds. The normalized spacial score (nSPS) is 24.3. The van der Waals surface area contributed by atoms with Crippen molar-refractivity contribution in [3.63, 3.8) is 0 Å². The zero-order valence-corrected chi connectivity index (χ0v) is 12.1. The van der Waals surface area contributed by atoms with Crippen molar-refractivity contribution in [2.45, 2.75) is 55.7 Å². The van der Waals surface area contributed by atoms with Crippen LogP contribution in [0.3, 0.4) is 0 Å². The van der Waals surface area contributed by atoms with Crippen LogP contribution in [0.25, 0.3) is 0 Å². The molecule has 1 aliphatic rings. The third-order valence-electron chi connectivity index (χ3n) is 3.62. The Morgan fingerprint density at radius 2 is 2.10 bits per heavy atom. The summed E-state index contributed by atoms with van der Waals surface area (Å²) >= 11 is 0. The second-order valence-electron chi connectivity index (χ2n) is 5.09. The van der Waals surface area contributed by atoms with E-state index in [1.165, 1.54) is 12.3 Å². The van der Waals surface area contributed by atoms with Crippen molar-refractivity contribution in [2.24, 2.45) is 5.73 Å². The smallest absolute Gasteiger partial charge is 0.242 e. The van der Waals surface area contributed by atoms with Gasteiger partial charge in [-0.3, -0.25) is 4.98 Å². The lowest BCUT2D eigenvalue weighted by molar-refractivity contribution is 0.130. The van der Waals surface area contributed by atoms with Crippen LogP contribution in [0, 0.1) is 0 Å². The van der Waals surface area contributed by atoms with Gasteiger partial charge in [0.25, 0.3) is 0 Å². The lowest BCUT2D eigenvalue weighted by atomic mass is 10.1. The quantitative estimate of drug-likeness (QED) is 0.703. The van der Waals surface area contributed by atoms with Gasteiger partial charge in [0.2, 0.25) is 10.0 Å². The molecule has 1 aromatic rings. The minimum atomic E-state index is -3.70. The molecule has 2 rings (SSSR count). The SMILES string of the molecule is NCc1ncccc1S(=O)(=O)NC1CCCCCC1O. The Labute approximate surface area is 119 Å². The van der Waals surface area contributed by atoms with Gasteiger partial charge >= 0.3 is 0 Å². The Balaban J connectivity index is 2.22. The number of aromatic nitrogens is 1. The maximum Gasteiger partial charge on any atom is 0.242 e. The van der Waals surface area contributed by atoms with E-state index in [0.717, 1.165) is 19.3 Å². The number of aliphatic hydroxyl groups is 1. The summed E-state index contributed by atoms with van der Waals surface area (Å²) in [6, 6.07) is 2.62. The van der Waals surface area contributed by atoms with Crippen molar-refractivity contribution >= 4 is 10.0 Å². The van der Waals surface area contributed by atoms with Gasteiger partial charge in [0.05, 0.1) is 11.8 Å². The first kappa shape index (κ1) is 15.4. The molecule has 6 nitrogen and oxygen atoms in total. The van der Waals surface area contributed by atoms with Gasteiger partial charge in [0, 0.05) is 18.8 Å². The van der Waals surface area contributed by atoms with Crippen LogP contribution < -0.4 is 10.5 Å². The lowest BCUT2D eigenvalue weighted by Gasteiger charge is -2.22. The molecule has 1 heterocycles. The van der Waals surface area contributed by atoms with E-state index in [2.05, 4.69) is 9.71 Å². The number of sulfonamides is 1. The molecule has 1 aliphatic carbocycles. The molecule has 1 saturated carbocycles. The monoisotopic (exact) mass is 299 g/mol. The molecular formula is C13H21N3O3S. The molecule has 2 atom stereocenters. The maximum atomic E-state index is 12.4. The van der Waals surface area contributed by atoms with Crippen LogP contribution in [-0.4, -0.2) is 30.7 Å². The second kappa shape index (κ2) is 6.62.